The van der Waals surface area contributed by atoms with Crippen LogP contribution in [-0.2, 0) is 4.79 Å². The Morgan fingerprint density at radius 2 is 1.82 bits per heavy atom. The van der Waals surface area contributed by atoms with Crippen molar-refractivity contribution < 1.29 is 9.53 Å². The topological polar surface area (TPSA) is 71.4 Å². The second-order valence-corrected chi connectivity index (χ2v) is 10.0. The van der Waals surface area contributed by atoms with E-state index in [1.165, 1.54) is 0 Å². The average Bonchev–Trinajstić information content (AvgIpc) is 3.61. The van der Waals surface area contributed by atoms with Crippen LogP contribution in [0.2, 0.25) is 0 Å². The van der Waals surface area contributed by atoms with Crippen LogP contribution >= 0.6 is 12.2 Å². The fraction of sp³-hybridized carbons (Fsp3) is 0.156. The monoisotopic (exact) mass is 547 g/mol. The van der Waals surface area contributed by atoms with Crippen molar-refractivity contribution in [2.75, 3.05) is 19.0 Å². The predicted molar refractivity (Wildman–Crippen MR) is 162 cm³/mol. The minimum absolute atomic E-state index is 0.0673. The number of benzene rings is 3. The molecule has 3 aromatic carbocycles. The van der Waals surface area contributed by atoms with Crippen LogP contribution < -0.4 is 15.4 Å². The van der Waals surface area contributed by atoms with Gasteiger partial charge in [-0.3, -0.25) is 9.78 Å². The first-order valence-electron chi connectivity index (χ1n) is 13.2. The number of fused-ring (bicyclic) bond motifs is 1. The normalized spacial score (nSPS) is 16.6. The fourth-order valence-corrected chi connectivity index (χ4v) is 5.70. The van der Waals surface area contributed by atoms with Gasteiger partial charge in [0.1, 0.15) is 5.75 Å². The molecule has 3 heterocycles. The summed E-state index contributed by atoms with van der Waals surface area (Å²) in [5, 5.41) is 9.28. The molecule has 1 saturated heterocycles. The number of nitrogens with zero attached hydrogens (tertiary/aromatic N) is 3. The number of thiocarbonyl (C=S) groups is 1. The van der Waals surface area contributed by atoms with Gasteiger partial charge in [0.2, 0.25) is 5.91 Å². The molecule has 0 aliphatic carbocycles. The Kier molecular flexibility index (Phi) is 7.16. The van der Waals surface area contributed by atoms with E-state index in [0.29, 0.717) is 11.7 Å². The minimum Gasteiger partial charge on any atom is -0.497 e. The first kappa shape index (κ1) is 25.6. The molecule has 1 fully saturated rings. The molecule has 200 valence electrons. The maximum Gasteiger partial charge on any atom is 0.226 e. The third-order valence-electron chi connectivity index (χ3n) is 7.26. The van der Waals surface area contributed by atoms with Gasteiger partial charge in [-0.05, 0) is 60.1 Å². The zero-order chi connectivity index (χ0) is 27.5. The number of pyridine rings is 1. The Labute approximate surface area is 238 Å². The number of ether oxygens (including phenoxy) is 1. The summed E-state index contributed by atoms with van der Waals surface area (Å²) in [6, 6.07) is 31.5. The zero-order valence-corrected chi connectivity index (χ0v) is 22.8. The van der Waals surface area contributed by atoms with Crippen LogP contribution in [0.4, 0.5) is 5.69 Å². The number of methoxy groups -OCH3 is 1. The van der Waals surface area contributed by atoms with E-state index in [1.807, 2.05) is 97.2 Å². The van der Waals surface area contributed by atoms with Crippen LogP contribution in [0.3, 0.4) is 0 Å². The molecule has 0 bridgehead atoms. The Morgan fingerprint density at radius 1 is 1.00 bits per heavy atom. The van der Waals surface area contributed by atoms with Crippen LogP contribution in [0, 0.1) is 0 Å². The number of hydrogen-bond acceptors (Lipinski definition) is 4. The molecule has 1 aliphatic heterocycles. The van der Waals surface area contributed by atoms with Gasteiger partial charge in [0, 0.05) is 53.9 Å². The first-order valence-corrected chi connectivity index (χ1v) is 13.6. The van der Waals surface area contributed by atoms with Crippen LogP contribution in [0.5, 0.6) is 5.75 Å². The average molecular weight is 548 g/mol. The Morgan fingerprint density at radius 3 is 2.67 bits per heavy atom. The quantitative estimate of drug-likeness (QED) is 0.231. The second kappa shape index (κ2) is 11.2. The molecule has 0 spiro atoms. The van der Waals surface area contributed by atoms with Crippen molar-refractivity contribution in [3.8, 4) is 11.4 Å². The molecule has 2 atom stereocenters. The van der Waals surface area contributed by atoms with Crippen LogP contribution in [-0.4, -0.2) is 39.1 Å². The van der Waals surface area contributed by atoms with Gasteiger partial charge in [-0.15, -0.1) is 0 Å². The molecule has 7 nitrogen and oxygen atoms in total. The molecule has 0 saturated carbocycles. The molecule has 1 amide bonds. The maximum absolute atomic E-state index is 13.2. The van der Waals surface area contributed by atoms with Gasteiger partial charge in [-0.2, -0.15) is 0 Å². The van der Waals surface area contributed by atoms with Crippen molar-refractivity contribution in [2.45, 2.75) is 18.5 Å². The third-order valence-corrected chi connectivity index (χ3v) is 7.61. The van der Waals surface area contributed by atoms with Crippen LogP contribution in [0.1, 0.15) is 29.9 Å². The van der Waals surface area contributed by atoms with E-state index in [4.69, 9.17) is 17.0 Å². The van der Waals surface area contributed by atoms with E-state index in [2.05, 4.69) is 31.2 Å². The third kappa shape index (κ3) is 5.01. The van der Waals surface area contributed by atoms with Crippen molar-refractivity contribution in [1.29, 1.82) is 0 Å². The van der Waals surface area contributed by atoms with Gasteiger partial charge in [0.05, 0.1) is 24.9 Å². The molecular formula is C32H29N5O2S. The SMILES string of the molecule is COc1cccc(-n2cccc2C2C(c3ccccn3)NC(=S)N2CCC(=O)Nc2cccc3ccccc23)c1. The Balaban J connectivity index is 1.29. The fourth-order valence-electron chi connectivity index (χ4n) is 5.37. The summed E-state index contributed by atoms with van der Waals surface area (Å²) in [4.78, 5) is 19.9. The van der Waals surface area contributed by atoms with Gasteiger partial charge in [0.15, 0.2) is 5.11 Å². The lowest BCUT2D eigenvalue weighted by atomic mass is 10.0. The number of nitrogens with one attached hydrogen (secondary N) is 2. The zero-order valence-electron chi connectivity index (χ0n) is 22.0. The molecule has 5 aromatic rings. The van der Waals surface area contributed by atoms with E-state index in [1.54, 1.807) is 13.3 Å². The highest BCUT2D eigenvalue weighted by molar-refractivity contribution is 7.80. The molecule has 1 aliphatic rings. The largest absolute Gasteiger partial charge is 0.497 e. The van der Waals surface area contributed by atoms with Crippen molar-refractivity contribution in [2.24, 2.45) is 0 Å². The summed E-state index contributed by atoms with van der Waals surface area (Å²) >= 11 is 5.84. The number of carbonyl (C=O) groups is 1. The smallest absolute Gasteiger partial charge is 0.226 e. The molecule has 0 radical (unpaired) electrons. The number of amides is 1. The lowest BCUT2D eigenvalue weighted by molar-refractivity contribution is -0.116. The summed E-state index contributed by atoms with van der Waals surface area (Å²) in [7, 11) is 1.66. The van der Waals surface area contributed by atoms with E-state index >= 15 is 0 Å². The van der Waals surface area contributed by atoms with Crippen LogP contribution in [0.15, 0.2) is 109 Å². The van der Waals surface area contributed by atoms with Crippen molar-refractivity contribution in [3.05, 3.63) is 121 Å². The lowest BCUT2D eigenvalue weighted by Gasteiger charge is -2.29. The molecule has 8 heteroatoms. The van der Waals surface area contributed by atoms with Gasteiger partial charge < -0.3 is 24.8 Å². The van der Waals surface area contributed by atoms with E-state index < -0.39 is 0 Å². The number of carbonyl (C=O) groups excluding carboxylic acids is 1. The van der Waals surface area contributed by atoms with E-state index in [-0.39, 0.29) is 24.4 Å². The molecule has 2 N–H and O–H groups in total. The molecule has 40 heavy (non-hydrogen) atoms. The van der Waals surface area contributed by atoms with Gasteiger partial charge in [-0.1, -0.05) is 48.5 Å². The number of aromatic nitrogens is 2. The van der Waals surface area contributed by atoms with Crippen molar-refractivity contribution in [1.82, 2.24) is 19.8 Å². The van der Waals surface area contributed by atoms with Gasteiger partial charge in [0.25, 0.3) is 0 Å². The van der Waals surface area contributed by atoms with Crippen molar-refractivity contribution in [3.63, 3.8) is 0 Å². The lowest BCUT2D eigenvalue weighted by Crippen LogP contribution is -2.33. The number of rotatable bonds is 8. The predicted octanol–water partition coefficient (Wildman–Crippen LogP) is 6.04. The second-order valence-electron chi connectivity index (χ2n) is 9.65. The van der Waals surface area contributed by atoms with E-state index in [9.17, 15) is 4.79 Å². The summed E-state index contributed by atoms with van der Waals surface area (Å²) in [6.45, 7) is 0.444. The number of hydrogen-bond donors (Lipinski definition) is 2. The summed E-state index contributed by atoms with van der Waals surface area (Å²) in [5.74, 6) is 0.711. The van der Waals surface area contributed by atoms with Gasteiger partial charge >= 0.3 is 0 Å². The Hall–Kier alpha value is -4.69. The molecule has 6 rings (SSSR count). The molecule has 2 aromatic heterocycles. The summed E-state index contributed by atoms with van der Waals surface area (Å²) in [6.07, 6.45) is 4.10. The van der Waals surface area contributed by atoms with Gasteiger partial charge in [-0.25, -0.2) is 0 Å². The highest BCUT2D eigenvalue weighted by Gasteiger charge is 2.41. The highest BCUT2D eigenvalue weighted by atomic mass is 32.1. The number of anilines is 1. The standard InChI is InChI=1S/C32H29N5O2S/c1-39-24-12-7-11-23(21-24)36-19-8-16-28(36)31-30(27-14-4-5-18-33-27)35-32(40)37(31)20-17-29(38)34-26-15-6-10-22-9-2-3-13-25(22)26/h2-16,18-19,21,30-31H,17,20H2,1H3,(H,34,38)(H,35,40). The summed E-state index contributed by atoms with van der Waals surface area (Å²) < 4.78 is 7.62. The molecule has 2 unspecified atom stereocenters. The highest BCUT2D eigenvalue weighted by Crippen LogP contribution is 2.40. The van der Waals surface area contributed by atoms with E-state index in [0.717, 1.165) is 39.3 Å². The first-order chi connectivity index (χ1) is 19.6. The maximum atomic E-state index is 13.2. The summed E-state index contributed by atoms with van der Waals surface area (Å²) in [5.41, 5.74) is 3.70. The Bertz CT molecular complexity index is 1660. The minimum atomic E-state index is -0.186. The molecular weight excluding hydrogens is 518 g/mol. The van der Waals surface area contributed by atoms with Crippen LogP contribution in [0.25, 0.3) is 16.5 Å². The van der Waals surface area contributed by atoms with Crippen molar-refractivity contribution >= 4 is 39.7 Å².